The fourth-order valence-electron chi connectivity index (χ4n) is 0.999. The molecular formula is C9H11OP. The fourth-order valence-corrected chi connectivity index (χ4v) is 1.43. The van der Waals surface area contributed by atoms with Crippen LogP contribution in [0.2, 0.25) is 0 Å². The van der Waals surface area contributed by atoms with E-state index in [0.29, 0.717) is 12.1 Å². The zero-order chi connectivity index (χ0) is 8.10. The molecule has 0 amide bonds. The molecule has 1 aromatic rings. The third kappa shape index (κ3) is 2.44. The van der Waals surface area contributed by atoms with E-state index in [1.54, 1.807) is 0 Å². The van der Waals surface area contributed by atoms with Crippen molar-refractivity contribution in [3.05, 3.63) is 35.9 Å². The van der Waals surface area contributed by atoms with Crippen molar-refractivity contribution < 1.29 is 4.57 Å². The van der Waals surface area contributed by atoms with Crippen molar-refractivity contribution in [3.63, 3.8) is 0 Å². The Kier molecular flexibility index (Phi) is 3.25. The highest BCUT2D eigenvalue weighted by Crippen LogP contribution is 2.17. The molecular weight excluding hydrogens is 155 g/mol. The molecule has 0 spiro atoms. The molecule has 2 heteroatoms. The molecule has 0 saturated heterocycles. The molecule has 1 aromatic carbocycles. The van der Waals surface area contributed by atoms with E-state index in [4.69, 9.17) is 0 Å². The second kappa shape index (κ2) is 4.25. The van der Waals surface area contributed by atoms with Gasteiger partial charge in [0.1, 0.15) is 0 Å². The molecule has 0 aliphatic heterocycles. The van der Waals surface area contributed by atoms with Crippen LogP contribution in [-0.2, 0) is 4.57 Å². The highest BCUT2D eigenvalue weighted by atomic mass is 31.1. The Bertz CT molecular complexity index is 220. The van der Waals surface area contributed by atoms with Gasteiger partial charge in [0.05, 0.1) is 0 Å². The quantitative estimate of drug-likeness (QED) is 0.630. The monoisotopic (exact) mass is 166 g/mol. The maximum absolute atomic E-state index is 10.3. The Labute approximate surface area is 68.6 Å². The summed E-state index contributed by atoms with van der Waals surface area (Å²) >= 11 is 0. The van der Waals surface area contributed by atoms with E-state index in [1.807, 2.05) is 18.2 Å². The van der Waals surface area contributed by atoms with Gasteiger partial charge in [-0.05, 0) is 11.5 Å². The summed E-state index contributed by atoms with van der Waals surface area (Å²) in [5.41, 5.74) is 1.26. The SMILES string of the molecule is C[C@@H](CP=O)c1ccccc1. The van der Waals surface area contributed by atoms with E-state index in [2.05, 4.69) is 19.1 Å². The molecule has 58 valence electrons. The zero-order valence-corrected chi connectivity index (χ0v) is 7.42. The molecule has 1 nitrogen and oxygen atoms in total. The third-order valence-corrected chi connectivity index (χ3v) is 2.41. The first-order chi connectivity index (χ1) is 5.34. The molecule has 0 fully saturated rings. The van der Waals surface area contributed by atoms with Gasteiger partial charge in [-0.25, -0.2) is 0 Å². The van der Waals surface area contributed by atoms with Crippen LogP contribution in [0.1, 0.15) is 18.4 Å². The highest BCUT2D eigenvalue weighted by Gasteiger charge is 2.02. The minimum Gasteiger partial charge on any atom is -0.275 e. The van der Waals surface area contributed by atoms with E-state index >= 15 is 0 Å². The molecule has 0 unspecified atom stereocenters. The van der Waals surface area contributed by atoms with E-state index in [9.17, 15) is 4.57 Å². The molecule has 0 aliphatic carbocycles. The van der Waals surface area contributed by atoms with Crippen LogP contribution < -0.4 is 0 Å². The molecule has 0 saturated carbocycles. The number of hydrogen-bond acceptors (Lipinski definition) is 1. The smallest absolute Gasteiger partial charge is 0.155 e. The summed E-state index contributed by atoms with van der Waals surface area (Å²) in [6.45, 7) is 2.08. The van der Waals surface area contributed by atoms with E-state index in [1.165, 1.54) is 5.56 Å². The summed E-state index contributed by atoms with van der Waals surface area (Å²) in [6.07, 6.45) is 0.712. The van der Waals surface area contributed by atoms with Gasteiger partial charge in [0.25, 0.3) is 0 Å². The van der Waals surface area contributed by atoms with Crippen LogP contribution in [0.5, 0.6) is 0 Å². The van der Waals surface area contributed by atoms with E-state index in [0.717, 1.165) is 0 Å². The van der Waals surface area contributed by atoms with Crippen molar-refractivity contribution in [3.8, 4) is 0 Å². The minimum absolute atomic E-state index is 0.234. The van der Waals surface area contributed by atoms with Crippen LogP contribution >= 0.6 is 8.46 Å². The lowest BCUT2D eigenvalue weighted by Crippen LogP contribution is -1.92. The fraction of sp³-hybridized carbons (Fsp3) is 0.333. The first kappa shape index (κ1) is 8.42. The molecule has 0 radical (unpaired) electrons. The normalized spacial score (nSPS) is 13.2. The second-order valence-corrected chi connectivity index (χ2v) is 3.25. The molecule has 0 heterocycles. The first-order valence-electron chi connectivity index (χ1n) is 3.68. The van der Waals surface area contributed by atoms with Crippen LogP contribution in [0, 0.1) is 0 Å². The first-order valence-corrected chi connectivity index (χ1v) is 4.68. The van der Waals surface area contributed by atoms with E-state index < -0.39 is 0 Å². The van der Waals surface area contributed by atoms with Crippen molar-refractivity contribution in [2.45, 2.75) is 12.8 Å². The largest absolute Gasteiger partial charge is 0.275 e. The maximum atomic E-state index is 10.3. The number of hydrogen-bond donors (Lipinski definition) is 0. The Morgan fingerprint density at radius 2 is 2.00 bits per heavy atom. The van der Waals surface area contributed by atoms with Gasteiger partial charge in [-0.1, -0.05) is 37.3 Å². The maximum Gasteiger partial charge on any atom is 0.155 e. The molecule has 1 atom stereocenters. The molecule has 0 N–H and O–H groups in total. The highest BCUT2D eigenvalue weighted by molar-refractivity contribution is 7.23. The average Bonchev–Trinajstić information content (AvgIpc) is 2.07. The molecule has 0 aliphatic rings. The Balaban J connectivity index is 2.68. The van der Waals surface area contributed by atoms with Gasteiger partial charge in [-0.2, -0.15) is 0 Å². The van der Waals surface area contributed by atoms with Crippen molar-refractivity contribution in [1.29, 1.82) is 0 Å². The zero-order valence-electron chi connectivity index (χ0n) is 6.53. The number of benzene rings is 1. The van der Waals surface area contributed by atoms with Gasteiger partial charge in [0.2, 0.25) is 0 Å². The van der Waals surface area contributed by atoms with Crippen LogP contribution in [0.3, 0.4) is 0 Å². The van der Waals surface area contributed by atoms with Crippen LogP contribution in [0.15, 0.2) is 30.3 Å². The summed E-state index contributed by atoms with van der Waals surface area (Å²) in [6, 6.07) is 10.1. The molecule has 11 heavy (non-hydrogen) atoms. The number of rotatable bonds is 3. The van der Waals surface area contributed by atoms with Crippen molar-refractivity contribution in [2.24, 2.45) is 0 Å². The Morgan fingerprint density at radius 3 is 2.55 bits per heavy atom. The topological polar surface area (TPSA) is 17.1 Å². The molecule has 0 bridgehead atoms. The standard InChI is InChI=1S/C9H11OP/c1-8(7-11-10)9-5-3-2-4-6-9/h2-6,8H,7H2,1H3/t8-/m0/s1. The lowest BCUT2D eigenvalue weighted by atomic mass is 10.0. The third-order valence-electron chi connectivity index (χ3n) is 1.72. The molecule has 1 rings (SSSR count). The minimum atomic E-state index is 0.234. The second-order valence-electron chi connectivity index (χ2n) is 2.62. The predicted octanol–water partition coefficient (Wildman–Crippen LogP) is 3.08. The van der Waals surface area contributed by atoms with Crippen LogP contribution in [-0.4, -0.2) is 6.16 Å². The van der Waals surface area contributed by atoms with Crippen LogP contribution in [0.25, 0.3) is 0 Å². The van der Waals surface area contributed by atoms with Gasteiger partial charge in [-0.3, -0.25) is 4.57 Å². The van der Waals surface area contributed by atoms with Gasteiger partial charge in [0.15, 0.2) is 8.46 Å². The van der Waals surface area contributed by atoms with Crippen molar-refractivity contribution in [1.82, 2.24) is 0 Å². The van der Waals surface area contributed by atoms with E-state index in [-0.39, 0.29) is 8.46 Å². The van der Waals surface area contributed by atoms with Gasteiger partial charge in [-0.15, -0.1) is 0 Å². The van der Waals surface area contributed by atoms with Gasteiger partial charge < -0.3 is 0 Å². The summed E-state index contributed by atoms with van der Waals surface area (Å²) in [4.78, 5) is 0. The summed E-state index contributed by atoms with van der Waals surface area (Å²) < 4.78 is 10.3. The van der Waals surface area contributed by atoms with Crippen LogP contribution in [0.4, 0.5) is 0 Å². The average molecular weight is 166 g/mol. The summed E-state index contributed by atoms with van der Waals surface area (Å²) in [5.74, 6) is 0.398. The Morgan fingerprint density at radius 1 is 1.36 bits per heavy atom. The predicted molar refractivity (Wildman–Crippen MR) is 47.3 cm³/mol. The molecule has 0 aromatic heterocycles. The lowest BCUT2D eigenvalue weighted by molar-refractivity contribution is 0.596. The summed E-state index contributed by atoms with van der Waals surface area (Å²) in [5, 5.41) is 0. The Hall–Kier alpha value is -0.680. The summed E-state index contributed by atoms with van der Waals surface area (Å²) in [7, 11) is 0.234. The van der Waals surface area contributed by atoms with Gasteiger partial charge in [0, 0.05) is 6.16 Å². The van der Waals surface area contributed by atoms with Gasteiger partial charge >= 0.3 is 0 Å². The van der Waals surface area contributed by atoms with Crippen molar-refractivity contribution >= 4 is 8.46 Å². The van der Waals surface area contributed by atoms with Crippen molar-refractivity contribution in [2.75, 3.05) is 6.16 Å². The lowest BCUT2D eigenvalue weighted by Gasteiger charge is -2.05.